The average Bonchev–Trinajstić information content (AvgIpc) is 3.63. The number of benzene rings is 2. The first-order valence-corrected chi connectivity index (χ1v) is 11.3. The number of para-hydroxylation sites is 1. The molecule has 2 aliphatic rings. The Hall–Kier alpha value is -2.86. The molecule has 1 saturated heterocycles. The van der Waals surface area contributed by atoms with Gasteiger partial charge in [0.1, 0.15) is 5.75 Å². The number of nitrogens with zero attached hydrogens (tertiary/aromatic N) is 1. The SMILES string of the molecule is CCCN1CCC(c2cc(C3CC3)ccc2C(=O)NNC(=O)c2ccccc2O)CC1. The summed E-state index contributed by atoms with van der Waals surface area (Å²) in [4.78, 5) is 27.8. The Labute approximate surface area is 183 Å². The summed E-state index contributed by atoms with van der Waals surface area (Å²) in [5, 5.41) is 9.85. The van der Waals surface area contributed by atoms with Crippen LogP contribution in [0.15, 0.2) is 42.5 Å². The van der Waals surface area contributed by atoms with Crippen molar-refractivity contribution in [1.82, 2.24) is 15.8 Å². The van der Waals surface area contributed by atoms with E-state index in [4.69, 9.17) is 0 Å². The van der Waals surface area contributed by atoms with Gasteiger partial charge in [-0.2, -0.15) is 0 Å². The lowest BCUT2D eigenvalue weighted by Crippen LogP contribution is -2.42. The predicted octanol–water partition coefficient (Wildman–Crippen LogP) is 3.93. The minimum atomic E-state index is -0.546. The maximum Gasteiger partial charge on any atom is 0.273 e. The van der Waals surface area contributed by atoms with Gasteiger partial charge in [0.05, 0.1) is 5.56 Å². The van der Waals surface area contributed by atoms with Crippen molar-refractivity contribution in [2.24, 2.45) is 0 Å². The molecule has 0 radical (unpaired) electrons. The second kappa shape index (κ2) is 9.52. The number of rotatable bonds is 6. The normalized spacial score (nSPS) is 17.3. The van der Waals surface area contributed by atoms with E-state index in [2.05, 4.69) is 28.7 Å². The van der Waals surface area contributed by atoms with Crippen LogP contribution in [0.3, 0.4) is 0 Å². The fraction of sp³-hybridized carbons (Fsp3) is 0.440. The minimum Gasteiger partial charge on any atom is -0.507 e. The zero-order valence-electron chi connectivity index (χ0n) is 18.1. The lowest BCUT2D eigenvalue weighted by atomic mass is 9.84. The number of carbonyl (C=O) groups is 2. The molecule has 4 rings (SSSR count). The summed E-state index contributed by atoms with van der Waals surface area (Å²) >= 11 is 0. The summed E-state index contributed by atoms with van der Waals surface area (Å²) in [6.45, 7) is 5.44. The lowest BCUT2D eigenvalue weighted by molar-refractivity contribution is 0.0843. The van der Waals surface area contributed by atoms with Crippen LogP contribution in [-0.2, 0) is 0 Å². The number of nitrogens with one attached hydrogen (secondary N) is 2. The lowest BCUT2D eigenvalue weighted by Gasteiger charge is -2.33. The summed E-state index contributed by atoms with van der Waals surface area (Å²) in [6, 6.07) is 12.4. The fourth-order valence-corrected chi connectivity index (χ4v) is 4.49. The highest BCUT2D eigenvalue weighted by atomic mass is 16.3. The molecule has 1 aliphatic carbocycles. The third kappa shape index (κ3) is 5.07. The Morgan fingerprint density at radius 3 is 2.26 bits per heavy atom. The van der Waals surface area contributed by atoms with Crippen molar-refractivity contribution in [3.8, 4) is 5.75 Å². The van der Waals surface area contributed by atoms with Gasteiger partial charge in [-0.1, -0.05) is 31.2 Å². The van der Waals surface area contributed by atoms with Gasteiger partial charge in [-0.3, -0.25) is 20.4 Å². The zero-order chi connectivity index (χ0) is 21.8. The highest BCUT2D eigenvalue weighted by molar-refractivity contribution is 6.01. The monoisotopic (exact) mass is 421 g/mol. The molecule has 2 amide bonds. The van der Waals surface area contributed by atoms with Crippen LogP contribution in [0.5, 0.6) is 5.75 Å². The third-order valence-electron chi connectivity index (χ3n) is 6.37. The smallest absolute Gasteiger partial charge is 0.273 e. The van der Waals surface area contributed by atoms with Crippen molar-refractivity contribution in [2.75, 3.05) is 19.6 Å². The van der Waals surface area contributed by atoms with E-state index in [1.54, 1.807) is 12.1 Å². The topological polar surface area (TPSA) is 81.7 Å². The van der Waals surface area contributed by atoms with Gasteiger partial charge < -0.3 is 10.0 Å². The van der Waals surface area contributed by atoms with Gasteiger partial charge in [-0.15, -0.1) is 0 Å². The Morgan fingerprint density at radius 1 is 0.935 bits per heavy atom. The van der Waals surface area contributed by atoms with Crippen molar-refractivity contribution < 1.29 is 14.7 Å². The largest absolute Gasteiger partial charge is 0.507 e. The van der Waals surface area contributed by atoms with Crippen LogP contribution in [0.2, 0.25) is 0 Å². The summed E-state index contributed by atoms with van der Waals surface area (Å²) in [5.41, 5.74) is 8.13. The van der Waals surface area contributed by atoms with E-state index in [1.165, 1.54) is 30.5 Å². The molecule has 2 aromatic carbocycles. The quantitative estimate of drug-likeness (QED) is 0.617. The molecule has 0 aromatic heterocycles. The number of hydrazine groups is 1. The highest BCUT2D eigenvalue weighted by Crippen LogP contribution is 2.42. The molecule has 164 valence electrons. The van der Waals surface area contributed by atoms with Crippen molar-refractivity contribution in [3.05, 3.63) is 64.7 Å². The van der Waals surface area contributed by atoms with Gasteiger partial charge in [0.15, 0.2) is 0 Å². The Bertz CT molecular complexity index is 947. The van der Waals surface area contributed by atoms with Crippen molar-refractivity contribution in [1.29, 1.82) is 0 Å². The molecule has 3 N–H and O–H groups in total. The van der Waals surface area contributed by atoms with E-state index in [9.17, 15) is 14.7 Å². The number of hydrogen-bond acceptors (Lipinski definition) is 4. The molecule has 2 fully saturated rings. The number of phenolic OH excluding ortho intramolecular Hbond substituents is 1. The number of piperidine rings is 1. The van der Waals surface area contributed by atoms with E-state index in [-0.39, 0.29) is 17.2 Å². The van der Waals surface area contributed by atoms with E-state index >= 15 is 0 Å². The molecule has 0 bridgehead atoms. The minimum absolute atomic E-state index is 0.121. The summed E-state index contributed by atoms with van der Waals surface area (Å²) < 4.78 is 0. The van der Waals surface area contributed by atoms with Crippen LogP contribution in [0.25, 0.3) is 0 Å². The number of carbonyl (C=O) groups excluding carboxylic acids is 2. The van der Waals surface area contributed by atoms with Crippen molar-refractivity contribution >= 4 is 11.8 Å². The number of phenols is 1. The van der Waals surface area contributed by atoms with Gasteiger partial charge >= 0.3 is 0 Å². The van der Waals surface area contributed by atoms with Crippen molar-refractivity contribution in [3.63, 3.8) is 0 Å². The first-order valence-electron chi connectivity index (χ1n) is 11.3. The Balaban J connectivity index is 1.48. The Morgan fingerprint density at radius 2 is 1.61 bits per heavy atom. The van der Waals surface area contributed by atoms with E-state index in [0.29, 0.717) is 17.4 Å². The predicted molar refractivity (Wildman–Crippen MR) is 120 cm³/mol. The standard InChI is InChI=1S/C25H31N3O3/c1-2-13-28-14-11-18(12-15-28)22-16-19(17-7-8-17)9-10-20(22)24(30)26-27-25(31)21-5-3-4-6-23(21)29/h3-6,9-10,16-18,29H,2,7-8,11-15H2,1H3,(H,26,30)(H,27,31). The first kappa shape index (κ1) is 21.4. The number of aromatic hydroxyl groups is 1. The van der Waals surface area contributed by atoms with Gasteiger partial charge in [0.2, 0.25) is 0 Å². The molecule has 0 spiro atoms. The number of hydrogen-bond donors (Lipinski definition) is 3. The second-order valence-corrected chi connectivity index (χ2v) is 8.66. The Kier molecular flexibility index (Phi) is 6.56. The van der Waals surface area contributed by atoms with Crippen LogP contribution >= 0.6 is 0 Å². The van der Waals surface area contributed by atoms with E-state index in [1.807, 2.05) is 12.1 Å². The van der Waals surface area contributed by atoms with Gasteiger partial charge in [-0.05, 0) is 92.9 Å². The molecule has 31 heavy (non-hydrogen) atoms. The van der Waals surface area contributed by atoms with E-state index < -0.39 is 5.91 Å². The first-order chi connectivity index (χ1) is 15.1. The van der Waals surface area contributed by atoms with Crippen LogP contribution < -0.4 is 10.9 Å². The molecule has 1 saturated carbocycles. The summed E-state index contributed by atoms with van der Waals surface area (Å²) in [5.74, 6) is -0.0200. The molecule has 6 heteroatoms. The van der Waals surface area contributed by atoms with Crippen LogP contribution in [0.4, 0.5) is 0 Å². The van der Waals surface area contributed by atoms with Gasteiger partial charge in [0, 0.05) is 5.56 Å². The summed E-state index contributed by atoms with van der Waals surface area (Å²) in [6.07, 6.45) is 5.68. The molecule has 1 heterocycles. The van der Waals surface area contributed by atoms with Crippen LogP contribution in [0.1, 0.15) is 82.7 Å². The molecular formula is C25H31N3O3. The van der Waals surface area contributed by atoms with Crippen LogP contribution in [0, 0.1) is 0 Å². The second-order valence-electron chi connectivity index (χ2n) is 8.66. The molecule has 1 aliphatic heterocycles. The summed E-state index contributed by atoms with van der Waals surface area (Å²) in [7, 11) is 0. The fourth-order valence-electron chi connectivity index (χ4n) is 4.49. The van der Waals surface area contributed by atoms with E-state index in [0.717, 1.165) is 44.5 Å². The van der Waals surface area contributed by atoms with Gasteiger partial charge in [0.25, 0.3) is 11.8 Å². The molecule has 2 aromatic rings. The third-order valence-corrected chi connectivity index (χ3v) is 6.37. The highest BCUT2D eigenvalue weighted by Gasteiger charge is 2.28. The molecular weight excluding hydrogens is 390 g/mol. The average molecular weight is 422 g/mol. The molecule has 6 nitrogen and oxygen atoms in total. The van der Waals surface area contributed by atoms with Crippen LogP contribution in [-0.4, -0.2) is 41.5 Å². The van der Waals surface area contributed by atoms with Gasteiger partial charge in [-0.25, -0.2) is 0 Å². The maximum atomic E-state index is 13.0. The molecule has 0 unspecified atom stereocenters. The number of likely N-dealkylation sites (tertiary alicyclic amines) is 1. The number of amides is 2. The maximum absolute atomic E-state index is 13.0. The van der Waals surface area contributed by atoms with Crippen molar-refractivity contribution in [2.45, 2.75) is 50.9 Å². The zero-order valence-corrected chi connectivity index (χ0v) is 18.1. The molecule has 0 atom stereocenters.